The number of methoxy groups -OCH3 is 1. The average molecular weight is 360 g/mol. The molecule has 1 saturated heterocycles. The number of hydrogen-bond acceptors (Lipinski definition) is 7. The minimum atomic E-state index is -0.348. The van der Waals surface area contributed by atoms with Gasteiger partial charge in [0.1, 0.15) is 5.76 Å². The van der Waals surface area contributed by atoms with Gasteiger partial charge in [-0.1, -0.05) is 10.3 Å². The van der Waals surface area contributed by atoms with E-state index in [9.17, 15) is 4.79 Å². The molecule has 1 unspecified atom stereocenters. The maximum atomic E-state index is 12.8. The lowest BCUT2D eigenvalue weighted by atomic mass is 9.76. The number of aromatic nitrogens is 3. The molecule has 1 aliphatic carbocycles. The molecule has 0 aromatic carbocycles. The number of aryl methyl sites for hydroxylation is 1. The van der Waals surface area contributed by atoms with Crippen LogP contribution in [0.4, 0.5) is 0 Å². The number of amides is 1. The molecule has 2 aromatic rings. The Kier molecular flexibility index (Phi) is 4.52. The summed E-state index contributed by atoms with van der Waals surface area (Å²) in [6.07, 6.45) is 4.75. The molecule has 1 aliphatic heterocycles. The number of nitrogens with zero attached hydrogens (tertiary/aromatic N) is 4. The fourth-order valence-electron chi connectivity index (χ4n) is 3.68. The zero-order chi connectivity index (χ0) is 18.1. The Balaban J connectivity index is 1.59. The standard InChI is InChI=1S/C18H24N4O4/c1-12-10-14(20-25-12)16(23)22-8-3-6-18(11-22,7-9-24-2)17-19-15(26-21-17)13-4-5-13/h10,13H,3-9,11H2,1-2H3. The number of hydrogen-bond donors (Lipinski definition) is 0. The largest absolute Gasteiger partial charge is 0.385 e. The van der Waals surface area contributed by atoms with E-state index in [1.807, 2.05) is 4.90 Å². The number of rotatable bonds is 6. The molecule has 8 heteroatoms. The fraction of sp³-hybridized carbons (Fsp3) is 0.667. The molecule has 0 radical (unpaired) electrons. The first-order valence-corrected chi connectivity index (χ1v) is 9.17. The van der Waals surface area contributed by atoms with E-state index in [4.69, 9.17) is 13.8 Å². The van der Waals surface area contributed by atoms with Crippen LogP contribution in [0, 0.1) is 6.92 Å². The van der Waals surface area contributed by atoms with Gasteiger partial charge in [-0.3, -0.25) is 4.79 Å². The molecule has 140 valence electrons. The summed E-state index contributed by atoms with van der Waals surface area (Å²) < 4.78 is 15.9. The lowest BCUT2D eigenvalue weighted by Crippen LogP contribution is -2.49. The smallest absolute Gasteiger partial charge is 0.276 e. The van der Waals surface area contributed by atoms with Gasteiger partial charge < -0.3 is 18.7 Å². The Morgan fingerprint density at radius 3 is 2.92 bits per heavy atom. The van der Waals surface area contributed by atoms with Gasteiger partial charge in [0.2, 0.25) is 5.89 Å². The first-order valence-electron chi connectivity index (χ1n) is 9.17. The van der Waals surface area contributed by atoms with Crippen molar-refractivity contribution in [2.24, 2.45) is 0 Å². The van der Waals surface area contributed by atoms with Crippen molar-refractivity contribution >= 4 is 5.91 Å². The lowest BCUT2D eigenvalue weighted by Gasteiger charge is -2.40. The average Bonchev–Trinajstić information content (AvgIpc) is 3.21. The Bertz CT molecular complexity index is 782. The summed E-state index contributed by atoms with van der Waals surface area (Å²) in [6.45, 7) is 3.58. The van der Waals surface area contributed by atoms with Crippen molar-refractivity contribution in [2.45, 2.75) is 50.4 Å². The molecule has 2 fully saturated rings. The third-order valence-electron chi connectivity index (χ3n) is 5.34. The first kappa shape index (κ1) is 17.2. The van der Waals surface area contributed by atoms with Crippen molar-refractivity contribution in [1.82, 2.24) is 20.2 Å². The predicted octanol–water partition coefficient (Wildman–Crippen LogP) is 2.45. The van der Waals surface area contributed by atoms with E-state index < -0.39 is 0 Å². The molecule has 26 heavy (non-hydrogen) atoms. The number of piperidine rings is 1. The Hall–Kier alpha value is -2.22. The van der Waals surface area contributed by atoms with Crippen molar-refractivity contribution in [3.05, 3.63) is 29.2 Å². The summed E-state index contributed by atoms with van der Waals surface area (Å²) in [5.41, 5.74) is -0.00360. The summed E-state index contributed by atoms with van der Waals surface area (Å²) in [6, 6.07) is 1.67. The summed E-state index contributed by atoms with van der Waals surface area (Å²) >= 11 is 0. The van der Waals surface area contributed by atoms with Gasteiger partial charge in [0, 0.05) is 38.8 Å². The molecular formula is C18H24N4O4. The van der Waals surface area contributed by atoms with E-state index in [2.05, 4.69) is 15.3 Å². The summed E-state index contributed by atoms with van der Waals surface area (Å²) in [5.74, 6) is 2.35. The number of carbonyl (C=O) groups excluding carboxylic acids is 1. The van der Waals surface area contributed by atoms with Crippen LogP contribution in [0.25, 0.3) is 0 Å². The third-order valence-corrected chi connectivity index (χ3v) is 5.34. The molecule has 0 spiro atoms. The highest BCUT2D eigenvalue weighted by Gasteiger charge is 2.43. The van der Waals surface area contributed by atoms with Crippen LogP contribution in [0.2, 0.25) is 0 Å². The van der Waals surface area contributed by atoms with E-state index in [0.29, 0.717) is 42.9 Å². The van der Waals surface area contributed by atoms with Crippen LogP contribution in [0.1, 0.15) is 66.0 Å². The van der Waals surface area contributed by atoms with Crippen LogP contribution in [-0.2, 0) is 10.2 Å². The third kappa shape index (κ3) is 3.25. The van der Waals surface area contributed by atoms with Crippen molar-refractivity contribution in [3.8, 4) is 0 Å². The molecule has 0 bridgehead atoms. The second-order valence-corrected chi connectivity index (χ2v) is 7.41. The van der Waals surface area contributed by atoms with Gasteiger partial charge in [-0.2, -0.15) is 4.98 Å². The van der Waals surface area contributed by atoms with Crippen LogP contribution >= 0.6 is 0 Å². The van der Waals surface area contributed by atoms with E-state index in [1.165, 1.54) is 0 Å². The van der Waals surface area contributed by atoms with Gasteiger partial charge in [-0.05, 0) is 39.0 Å². The highest BCUT2D eigenvalue weighted by molar-refractivity contribution is 5.92. The van der Waals surface area contributed by atoms with E-state index in [0.717, 1.165) is 38.0 Å². The monoisotopic (exact) mass is 360 g/mol. The van der Waals surface area contributed by atoms with Gasteiger partial charge in [-0.15, -0.1) is 0 Å². The summed E-state index contributed by atoms with van der Waals surface area (Å²) in [5, 5.41) is 8.15. The predicted molar refractivity (Wildman–Crippen MR) is 90.8 cm³/mol. The second-order valence-electron chi connectivity index (χ2n) is 7.41. The van der Waals surface area contributed by atoms with Gasteiger partial charge in [0.15, 0.2) is 11.5 Å². The SMILES string of the molecule is COCCC1(c2noc(C3CC3)n2)CCCN(C(=O)c2cc(C)on2)C1. The van der Waals surface area contributed by atoms with Crippen LogP contribution < -0.4 is 0 Å². The van der Waals surface area contributed by atoms with Crippen LogP contribution in [0.15, 0.2) is 15.1 Å². The normalized spacial score (nSPS) is 23.4. The Labute approximate surface area is 151 Å². The van der Waals surface area contributed by atoms with Crippen LogP contribution in [0.3, 0.4) is 0 Å². The number of carbonyl (C=O) groups is 1. The van der Waals surface area contributed by atoms with Gasteiger partial charge in [0.25, 0.3) is 5.91 Å². The maximum absolute atomic E-state index is 12.8. The molecule has 1 amide bonds. The fourth-order valence-corrected chi connectivity index (χ4v) is 3.68. The minimum absolute atomic E-state index is 0.116. The van der Waals surface area contributed by atoms with Crippen molar-refractivity contribution < 1.29 is 18.6 Å². The van der Waals surface area contributed by atoms with Gasteiger partial charge in [-0.25, -0.2) is 0 Å². The maximum Gasteiger partial charge on any atom is 0.276 e. The highest BCUT2D eigenvalue weighted by Crippen LogP contribution is 2.41. The van der Waals surface area contributed by atoms with Crippen molar-refractivity contribution in [3.63, 3.8) is 0 Å². The highest BCUT2D eigenvalue weighted by atomic mass is 16.5. The minimum Gasteiger partial charge on any atom is -0.385 e. The zero-order valence-corrected chi connectivity index (χ0v) is 15.2. The Morgan fingerprint density at radius 2 is 2.23 bits per heavy atom. The van der Waals surface area contributed by atoms with E-state index in [1.54, 1.807) is 20.1 Å². The second kappa shape index (κ2) is 6.83. The number of ether oxygens (including phenoxy) is 1. The molecule has 3 heterocycles. The first-order chi connectivity index (χ1) is 12.6. The Morgan fingerprint density at radius 1 is 1.38 bits per heavy atom. The molecule has 2 aromatic heterocycles. The van der Waals surface area contributed by atoms with E-state index in [-0.39, 0.29) is 11.3 Å². The lowest BCUT2D eigenvalue weighted by molar-refractivity contribution is 0.0557. The molecule has 4 rings (SSSR count). The molecule has 2 aliphatic rings. The van der Waals surface area contributed by atoms with Gasteiger partial charge >= 0.3 is 0 Å². The molecule has 8 nitrogen and oxygen atoms in total. The molecule has 0 N–H and O–H groups in total. The number of likely N-dealkylation sites (tertiary alicyclic amines) is 1. The zero-order valence-electron chi connectivity index (χ0n) is 15.2. The summed E-state index contributed by atoms with van der Waals surface area (Å²) in [4.78, 5) is 19.3. The quantitative estimate of drug-likeness (QED) is 0.781. The van der Waals surface area contributed by atoms with Crippen LogP contribution in [0.5, 0.6) is 0 Å². The molecule has 1 atom stereocenters. The van der Waals surface area contributed by atoms with E-state index >= 15 is 0 Å². The molecular weight excluding hydrogens is 336 g/mol. The van der Waals surface area contributed by atoms with Crippen molar-refractivity contribution in [1.29, 1.82) is 0 Å². The van der Waals surface area contributed by atoms with Crippen molar-refractivity contribution in [2.75, 3.05) is 26.8 Å². The summed E-state index contributed by atoms with van der Waals surface area (Å²) in [7, 11) is 1.68. The van der Waals surface area contributed by atoms with Crippen LogP contribution in [-0.4, -0.2) is 52.9 Å². The van der Waals surface area contributed by atoms with Gasteiger partial charge in [0.05, 0.1) is 5.41 Å². The molecule has 1 saturated carbocycles. The topological polar surface area (TPSA) is 94.5 Å².